The van der Waals surface area contributed by atoms with Gasteiger partial charge < -0.3 is 19.6 Å². The Bertz CT molecular complexity index is 490. The normalized spacial score (nSPS) is 10.0. The van der Waals surface area contributed by atoms with Gasteiger partial charge in [-0.1, -0.05) is 25.1 Å². The standard InChI is InChI=1S/C15H22N2O4/c1-4-9-17(11-14(18)19)15(20)16(2)10-12-7-5-6-8-13(12)21-3/h5-8H,4,9-11H2,1-3H3,(H,18,19). The van der Waals surface area contributed by atoms with Crippen molar-refractivity contribution in [3.05, 3.63) is 29.8 Å². The maximum atomic E-state index is 12.3. The molecule has 0 aliphatic rings. The van der Waals surface area contributed by atoms with E-state index in [9.17, 15) is 9.59 Å². The van der Waals surface area contributed by atoms with Crippen LogP contribution in [0.5, 0.6) is 5.75 Å². The number of benzene rings is 1. The zero-order valence-electron chi connectivity index (χ0n) is 12.7. The lowest BCUT2D eigenvalue weighted by atomic mass is 10.2. The van der Waals surface area contributed by atoms with Gasteiger partial charge in [0.15, 0.2) is 0 Å². The monoisotopic (exact) mass is 294 g/mol. The van der Waals surface area contributed by atoms with Gasteiger partial charge in [-0.05, 0) is 12.5 Å². The first kappa shape index (κ1) is 16.8. The molecular weight excluding hydrogens is 272 g/mol. The number of carboxylic acid groups (broad SMARTS) is 1. The molecule has 6 nitrogen and oxygen atoms in total. The second-order valence-electron chi connectivity index (χ2n) is 4.77. The van der Waals surface area contributed by atoms with Gasteiger partial charge in [0.2, 0.25) is 0 Å². The molecular formula is C15H22N2O4. The van der Waals surface area contributed by atoms with Crippen LogP contribution in [0.25, 0.3) is 0 Å². The number of nitrogens with zero attached hydrogens (tertiary/aromatic N) is 2. The van der Waals surface area contributed by atoms with Crippen molar-refractivity contribution >= 4 is 12.0 Å². The number of carbonyl (C=O) groups excluding carboxylic acids is 1. The van der Waals surface area contributed by atoms with E-state index in [-0.39, 0.29) is 12.6 Å². The zero-order chi connectivity index (χ0) is 15.8. The molecule has 0 aromatic heterocycles. The largest absolute Gasteiger partial charge is 0.496 e. The average Bonchev–Trinajstić information content (AvgIpc) is 2.46. The molecule has 1 aromatic rings. The molecule has 0 heterocycles. The zero-order valence-corrected chi connectivity index (χ0v) is 12.7. The van der Waals surface area contributed by atoms with E-state index in [4.69, 9.17) is 9.84 Å². The highest BCUT2D eigenvalue weighted by Crippen LogP contribution is 2.19. The van der Waals surface area contributed by atoms with Gasteiger partial charge in [-0.3, -0.25) is 4.79 Å². The predicted molar refractivity (Wildman–Crippen MR) is 79.4 cm³/mol. The molecule has 21 heavy (non-hydrogen) atoms. The van der Waals surface area contributed by atoms with Crippen molar-refractivity contribution < 1.29 is 19.4 Å². The molecule has 0 atom stereocenters. The topological polar surface area (TPSA) is 70.1 Å². The van der Waals surface area contributed by atoms with E-state index in [1.165, 1.54) is 9.80 Å². The number of amides is 2. The van der Waals surface area contributed by atoms with Gasteiger partial charge in [-0.15, -0.1) is 0 Å². The maximum Gasteiger partial charge on any atom is 0.323 e. The van der Waals surface area contributed by atoms with Gasteiger partial charge >= 0.3 is 12.0 Å². The quantitative estimate of drug-likeness (QED) is 0.835. The average molecular weight is 294 g/mol. The number of hydrogen-bond acceptors (Lipinski definition) is 3. The Hall–Kier alpha value is -2.24. The Labute approximate surface area is 124 Å². The van der Waals surface area contributed by atoms with Crippen molar-refractivity contribution in [2.45, 2.75) is 19.9 Å². The minimum absolute atomic E-state index is 0.289. The molecule has 0 saturated carbocycles. The fourth-order valence-corrected chi connectivity index (χ4v) is 2.07. The number of carboxylic acids is 1. The molecule has 0 saturated heterocycles. The van der Waals surface area contributed by atoms with Gasteiger partial charge in [-0.25, -0.2) is 4.79 Å². The Morgan fingerprint density at radius 1 is 1.29 bits per heavy atom. The number of ether oxygens (including phenoxy) is 1. The highest BCUT2D eigenvalue weighted by molar-refractivity contribution is 5.80. The van der Waals surface area contributed by atoms with Crippen molar-refractivity contribution in [3.63, 3.8) is 0 Å². The van der Waals surface area contributed by atoms with Crippen molar-refractivity contribution in [1.82, 2.24) is 9.80 Å². The minimum atomic E-state index is -1.01. The van der Waals surface area contributed by atoms with E-state index in [0.29, 0.717) is 25.3 Å². The Balaban J connectivity index is 2.78. The summed E-state index contributed by atoms with van der Waals surface area (Å²) in [6.45, 7) is 2.40. The summed E-state index contributed by atoms with van der Waals surface area (Å²) in [6, 6.07) is 7.14. The molecule has 2 amide bonds. The van der Waals surface area contributed by atoms with E-state index in [1.807, 2.05) is 31.2 Å². The highest BCUT2D eigenvalue weighted by atomic mass is 16.5. The van der Waals surface area contributed by atoms with E-state index in [1.54, 1.807) is 14.2 Å². The molecule has 1 aromatic carbocycles. The van der Waals surface area contributed by atoms with E-state index in [2.05, 4.69) is 0 Å². The SMILES string of the molecule is CCCN(CC(=O)O)C(=O)N(C)Cc1ccccc1OC. The molecule has 1 rings (SSSR count). The van der Waals surface area contributed by atoms with Gasteiger partial charge in [0.1, 0.15) is 12.3 Å². The van der Waals surface area contributed by atoms with Crippen LogP contribution in [0.3, 0.4) is 0 Å². The summed E-state index contributed by atoms with van der Waals surface area (Å²) in [5.41, 5.74) is 0.877. The van der Waals surface area contributed by atoms with Gasteiger partial charge in [0, 0.05) is 19.2 Å². The molecule has 116 valence electrons. The van der Waals surface area contributed by atoms with Gasteiger partial charge in [0.05, 0.1) is 13.7 Å². The lowest BCUT2D eigenvalue weighted by molar-refractivity contribution is -0.137. The van der Waals surface area contributed by atoms with Crippen LogP contribution in [-0.4, -0.2) is 54.2 Å². The minimum Gasteiger partial charge on any atom is -0.496 e. The third-order valence-electron chi connectivity index (χ3n) is 3.02. The molecule has 0 spiro atoms. The first-order chi connectivity index (χ1) is 9.99. The van der Waals surface area contributed by atoms with E-state index < -0.39 is 5.97 Å². The predicted octanol–water partition coefficient (Wildman–Crippen LogP) is 2.04. The third kappa shape index (κ3) is 4.98. The van der Waals surface area contributed by atoms with Crippen LogP contribution in [0.2, 0.25) is 0 Å². The second kappa shape index (κ2) is 8.14. The van der Waals surface area contributed by atoms with Gasteiger partial charge in [0.25, 0.3) is 0 Å². The summed E-state index contributed by atoms with van der Waals surface area (Å²) in [5.74, 6) is -0.306. The molecule has 0 radical (unpaired) electrons. The van der Waals surface area contributed by atoms with Crippen LogP contribution in [0, 0.1) is 0 Å². The van der Waals surface area contributed by atoms with E-state index in [0.717, 1.165) is 5.56 Å². The molecule has 6 heteroatoms. The van der Waals surface area contributed by atoms with Crippen molar-refractivity contribution in [2.75, 3.05) is 27.2 Å². The molecule has 1 N–H and O–H groups in total. The lowest BCUT2D eigenvalue weighted by Crippen LogP contribution is -2.43. The maximum absolute atomic E-state index is 12.3. The number of methoxy groups -OCH3 is 1. The number of para-hydroxylation sites is 1. The Morgan fingerprint density at radius 3 is 2.52 bits per heavy atom. The van der Waals surface area contributed by atoms with Crippen molar-refractivity contribution in [3.8, 4) is 5.75 Å². The molecule has 0 aliphatic carbocycles. The molecule has 0 fully saturated rings. The smallest absolute Gasteiger partial charge is 0.323 e. The number of urea groups is 1. The molecule has 0 bridgehead atoms. The molecule has 0 aliphatic heterocycles. The first-order valence-corrected chi connectivity index (χ1v) is 6.83. The van der Waals surface area contributed by atoms with Crippen molar-refractivity contribution in [1.29, 1.82) is 0 Å². The van der Waals surface area contributed by atoms with Crippen molar-refractivity contribution in [2.24, 2.45) is 0 Å². The third-order valence-corrected chi connectivity index (χ3v) is 3.02. The summed E-state index contributed by atoms with van der Waals surface area (Å²) >= 11 is 0. The van der Waals surface area contributed by atoms with Crippen LogP contribution in [0.1, 0.15) is 18.9 Å². The fraction of sp³-hybridized carbons (Fsp3) is 0.467. The van der Waals surface area contributed by atoms with Crippen LogP contribution >= 0.6 is 0 Å². The highest BCUT2D eigenvalue weighted by Gasteiger charge is 2.20. The number of rotatable bonds is 7. The summed E-state index contributed by atoms with van der Waals surface area (Å²) in [4.78, 5) is 26.0. The van der Waals surface area contributed by atoms with Crippen LogP contribution in [0.4, 0.5) is 4.79 Å². The fourth-order valence-electron chi connectivity index (χ4n) is 2.07. The van der Waals surface area contributed by atoms with Crippen LogP contribution in [0.15, 0.2) is 24.3 Å². The number of carbonyl (C=O) groups is 2. The first-order valence-electron chi connectivity index (χ1n) is 6.83. The Kier molecular flexibility index (Phi) is 6.52. The number of aliphatic carboxylic acids is 1. The summed E-state index contributed by atoms with van der Waals surface area (Å²) in [6.07, 6.45) is 0.710. The summed E-state index contributed by atoms with van der Waals surface area (Å²) < 4.78 is 5.25. The number of hydrogen-bond donors (Lipinski definition) is 1. The van der Waals surface area contributed by atoms with E-state index >= 15 is 0 Å². The molecule has 0 unspecified atom stereocenters. The van der Waals surface area contributed by atoms with Gasteiger partial charge in [-0.2, -0.15) is 0 Å². The lowest BCUT2D eigenvalue weighted by Gasteiger charge is -2.27. The van der Waals surface area contributed by atoms with Crippen LogP contribution < -0.4 is 4.74 Å². The Morgan fingerprint density at radius 2 is 1.95 bits per heavy atom. The summed E-state index contributed by atoms with van der Waals surface area (Å²) in [5, 5.41) is 8.88. The second-order valence-corrected chi connectivity index (χ2v) is 4.77. The van der Waals surface area contributed by atoms with Crippen LogP contribution in [-0.2, 0) is 11.3 Å². The summed E-state index contributed by atoms with van der Waals surface area (Å²) in [7, 11) is 3.23.